The number of piperazine rings is 1. The summed E-state index contributed by atoms with van der Waals surface area (Å²) in [7, 11) is 0. The van der Waals surface area contributed by atoms with Crippen LogP contribution in [0.1, 0.15) is 5.69 Å². The van der Waals surface area contributed by atoms with Crippen LogP contribution in [0, 0.1) is 0 Å². The summed E-state index contributed by atoms with van der Waals surface area (Å²) in [5.74, 6) is -0.216. The summed E-state index contributed by atoms with van der Waals surface area (Å²) in [5.41, 5.74) is 2.99. The van der Waals surface area contributed by atoms with Crippen LogP contribution in [0.5, 0.6) is 0 Å². The van der Waals surface area contributed by atoms with Crippen molar-refractivity contribution in [3.63, 3.8) is 0 Å². The van der Waals surface area contributed by atoms with Gasteiger partial charge in [0.25, 0.3) is 0 Å². The van der Waals surface area contributed by atoms with E-state index in [-0.39, 0.29) is 24.8 Å². The normalized spacial score (nSPS) is 14.1. The fraction of sp³-hybridized carbons (Fsp3) is 0.286. The van der Waals surface area contributed by atoms with E-state index in [1.807, 2.05) is 45.3 Å². The zero-order valence-corrected chi connectivity index (χ0v) is 17.5. The lowest BCUT2D eigenvalue weighted by molar-refractivity contribution is -0.133. The van der Waals surface area contributed by atoms with Gasteiger partial charge < -0.3 is 15.1 Å². The van der Waals surface area contributed by atoms with Crippen molar-refractivity contribution in [2.24, 2.45) is 0 Å². The van der Waals surface area contributed by atoms with Crippen LogP contribution in [-0.4, -0.2) is 54.4 Å². The number of amides is 2. The fourth-order valence-electron chi connectivity index (χ4n) is 3.27. The van der Waals surface area contributed by atoms with Crippen LogP contribution in [0.4, 0.5) is 5.69 Å². The van der Waals surface area contributed by atoms with E-state index in [0.29, 0.717) is 13.1 Å². The Bertz CT molecular complexity index is 948. The molecule has 1 N–H and O–H groups in total. The number of hydrogen-bond donors (Lipinski definition) is 1. The average molecular weight is 427 g/mol. The van der Waals surface area contributed by atoms with Crippen LogP contribution in [-0.2, 0) is 16.0 Å². The highest BCUT2D eigenvalue weighted by Crippen LogP contribution is 2.25. The molecule has 29 heavy (non-hydrogen) atoms. The quantitative estimate of drug-likeness (QED) is 0.658. The minimum atomic E-state index is -0.177. The Morgan fingerprint density at radius 1 is 1.03 bits per heavy atom. The van der Waals surface area contributed by atoms with E-state index in [1.54, 1.807) is 11.3 Å². The van der Waals surface area contributed by atoms with Gasteiger partial charge in [-0.1, -0.05) is 18.2 Å². The third kappa shape index (κ3) is 5.02. The summed E-state index contributed by atoms with van der Waals surface area (Å²) >= 11 is 3.15. The molecule has 2 aromatic heterocycles. The molecule has 0 spiro atoms. The van der Waals surface area contributed by atoms with Gasteiger partial charge in [-0.25, -0.2) is 4.98 Å². The van der Waals surface area contributed by atoms with Gasteiger partial charge in [-0.3, -0.25) is 9.59 Å². The number of rotatable bonds is 6. The minimum absolute atomic E-state index is 0.0334. The Balaban J connectivity index is 1.21. The second kappa shape index (κ2) is 9.19. The molecule has 0 atom stereocenters. The highest BCUT2D eigenvalue weighted by Gasteiger charge is 2.21. The molecule has 1 fully saturated rings. The molecular formula is C21H22N4O2S2. The van der Waals surface area contributed by atoms with Crippen molar-refractivity contribution in [2.45, 2.75) is 6.42 Å². The molecule has 6 nitrogen and oxygen atoms in total. The van der Waals surface area contributed by atoms with Crippen LogP contribution >= 0.6 is 22.7 Å². The van der Waals surface area contributed by atoms with E-state index in [9.17, 15) is 9.59 Å². The van der Waals surface area contributed by atoms with Crippen molar-refractivity contribution in [3.05, 3.63) is 58.2 Å². The van der Waals surface area contributed by atoms with Crippen molar-refractivity contribution in [1.82, 2.24) is 15.2 Å². The molecule has 3 aromatic rings. The van der Waals surface area contributed by atoms with Gasteiger partial charge in [-0.05, 0) is 23.6 Å². The Morgan fingerprint density at radius 3 is 2.55 bits per heavy atom. The summed E-state index contributed by atoms with van der Waals surface area (Å²) in [6, 6.07) is 12.2. The van der Waals surface area contributed by atoms with Gasteiger partial charge in [0.05, 0.1) is 18.7 Å². The van der Waals surface area contributed by atoms with Gasteiger partial charge in [-0.15, -0.1) is 11.3 Å². The standard InChI is InChI=1S/C21H22N4O2S2/c26-19(12-17-15-29-21(23-17)16-6-11-28-14-16)22-13-20(27)25-9-7-24(8-10-25)18-4-2-1-3-5-18/h1-6,11,14-15H,7-10,12-13H2,(H,22,26). The third-order valence-corrected chi connectivity index (χ3v) is 6.48. The second-order valence-corrected chi connectivity index (χ2v) is 8.45. The molecule has 1 saturated heterocycles. The van der Waals surface area contributed by atoms with Gasteiger partial charge in [0.15, 0.2) is 0 Å². The first-order valence-electron chi connectivity index (χ1n) is 9.50. The molecule has 0 aliphatic carbocycles. The molecule has 0 saturated carbocycles. The zero-order valence-electron chi connectivity index (χ0n) is 15.9. The summed E-state index contributed by atoms with van der Waals surface area (Å²) in [6.45, 7) is 2.97. The zero-order chi connectivity index (χ0) is 20.1. The summed E-state index contributed by atoms with van der Waals surface area (Å²) in [5, 5.41) is 9.60. The van der Waals surface area contributed by atoms with Gasteiger partial charge in [0, 0.05) is 48.2 Å². The number of thiophene rings is 1. The molecule has 0 unspecified atom stereocenters. The number of benzene rings is 1. The van der Waals surface area contributed by atoms with Gasteiger partial charge in [0.1, 0.15) is 5.01 Å². The van der Waals surface area contributed by atoms with E-state index in [2.05, 4.69) is 27.3 Å². The van der Waals surface area contributed by atoms with Crippen molar-refractivity contribution < 1.29 is 9.59 Å². The lowest BCUT2D eigenvalue weighted by atomic mass is 10.2. The van der Waals surface area contributed by atoms with Gasteiger partial charge in [0.2, 0.25) is 11.8 Å². The first-order valence-corrected chi connectivity index (χ1v) is 11.3. The number of nitrogens with one attached hydrogen (secondary N) is 1. The Hall–Kier alpha value is -2.71. The maximum atomic E-state index is 12.4. The molecule has 4 rings (SSSR count). The van der Waals surface area contributed by atoms with Crippen LogP contribution in [0.25, 0.3) is 10.6 Å². The summed E-state index contributed by atoms with van der Waals surface area (Å²) in [6.07, 6.45) is 0.190. The molecule has 150 valence electrons. The second-order valence-electron chi connectivity index (χ2n) is 6.81. The number of carbonyl (C=O) groups is 2. The van der Waals surface area contributed by atoms with E-state index in [4.69, 9.17) is 0 Å². The highest BCUT2D eigenvalue weighted by molar-refractivity contribution is 7.14. The Morgan fingerprint density at radius 2 is 1.83 bits per heavy atom. The molecule has 1 aromatic carbocycles. The topological polar surface area (TPSA) is 65.5 Å². The van der Waals surface area contributed by atoms with Crippen molar-refractivity contribution >= 4 is 40.2 Å². The first kappa shape index (κ1) is 19.6. The molecular weight excluding hydrogens is 404 g/mol. The van der Waals surface area contributed by atoms with Crippen LogP contribution in [0.15, 0.2) is 52.5 Å². The predicted molar refractivity (Wildman–Crippen MR) is 117 cm³/mol. The lowest BCUT2D eigenvalue weighted by Gasteiger charge is -2.36. The third-order valence-electron chi connectivity index (χ3n) is 4.85. The van der Waals surface area contributed by atoms with Crippen LogP contribution < -0.4 is 10.2 Å². The lowest BCUT2D eigenvalue weighted by Crippen LogP contribution is -2.51. The number of hydrogen-bond acceptors (Lipinski definition) is 6. The van der Waals surface area contributed by atoms with Crippen molar-refractivity contribution in [3.8, 4) is 10.6 Å². The van der Waals surface area contributed by atoms with E-state index >= 15 is 0 Å². The minimum Gasteiger partial charge on any atom is -0.368 e. The molecule has 3 heterocycles. The summed E-state index contributed by atoms with van der Waals surface area (Å²) < 4.78 is 0. The van der Waals surface area contributed by atoms with Gasteiger partial charge in [-0.2, -0.15) is 11.3 Å². The number of aromatic nitrogens is 1. The SMILES string of the molecule is O=C(Cc1csc(-c2ccsc2)n1)NCC(=O)N1CCN(c2ccccc2)CC1. The van der Waals surface area contributed by atoms with Crippen molar-refractivity contribution in [2.75, 3.05) is 37.6 Å². The number of nitrogens with zero attached hydrogens (tertiary/aromatic N) is 3. The Kier molecular flexibility index (Phi) is 6.21. The first-order chi connectivity index (χ1) is 14.2. The molecule has 0 bridgehead atoms. The van der Waals surface area contributed by atoms with Crippen molar-refractivity contribution in [1.29, 1.82) is 0 Å². The molecule has 2 amide bonds. The van der Waals surface area contributed by atoms with Crippen LogP contribution in [0.3, 0.4) is 0 Å². The van der Waals surface area contributed by atoms with E-state index in [0.717, 1.165) is 29.4 Å². The average Bonchev–Trinajstić information content (AvgIpc) is 3.45. The monoisotopic (exact) mass is 426 g/mol. The number of anilines is 1. The highest BCUT2D eigenvalue weighted by atomic mass is 32.1. The molecule has 1 aliphatic rings. The fourth-order valence-corrected chi connectivity index (χ4v) is 4.80. The smallest absolute Gasteiger partial charge is 0.242 e. The maximum Gasteiger partial charge on any atom is 0.242 e. The van der Waals surface area contributed by atoms with E-state index in [1.165, 1.54) is 17.0 Å². The number of carbonyl (C=O) groups excluding carboxylic acids is 2. The molecule has 1 aliphatic heterocycles. The predicted octanol–water partition coefficient (Wildman–Crippen LogP) is 2.88. The number of thiazole rings is 1. The molecule has 8 heteroatoms. The number of para-hydroxylation sites is 1. The van der Waals surface area contributed by atoms with Gasteiger partial charge >= 0.3 is 0 Å². The molecule has 0 radical (unpaired) electrons. The summed E-state index contributed by atoms with van der Waals surface area (Å²) in [4.78, 5) is 33.2. The Labute approximate surface area is 177 Å². The maximum absolute atomic E-state index is 12.4. The largest absolute Gasteiger partial charge is 0.368 e. The van der Waals surface area contributed by atoms with Crippen LogP contribution in [0.2, 0.25) is 0 Å². The van der Waals surface area contributed by atoms with E-state index < -0.39 is 0 Å².